The molecule has 1 N–H and O–H groups in total. The summed E-state index contributed by atoms with van der Waals surface area (Å²) in [4.78, 5) is 0. The average molecular weight is 240 g/mol. The van der Waals surface area contributed by atoms with Crippen molar-refractivity contribution in [3.05, 3.63) is 34.9 Å². The van der Waals surface area contributed by atoms with Gasteiger partial charge in [-0.25, -0.2) is 0 Å². The Hall–Kier alpha value is -0.570. The van der Waals surface area contributed by atoms with Crippen LogP contribution in [-0.4, -0.2) is 19.7 Å². The second-order valence-electron chi connectivity index (χ2n) is 4.17. The molecule has 0 aliphatic carbocycles. The van der Waals surface area contributed by atoms with Crippen LogP contribution in [0.15, 0.2) is 24.3 Å². The van der Waals surface area contributed by atoms with Crippen molar-refractivity contribution in [2.24, 2.45) is 5.92 Å². The van der Waals surface area contributed by atoms with Gasteiger partial charge < -0.3 is 10.1 Å². The Morgan fingerprint density at radius 3 is 3.00 bits per heavy atom. The van der Waals surface area contributed by atoms with Gasteiger partial charge in [0.1, 0.15) is 0 Å². The second kappa shape index (κ2) is 5.67. The molecule has 1 aromatic rings. The third kappa shape index (κ3) is 2.57. The molecule has 2 nitrogen and oxygen atoms in total. The lowest BCUT2D eigenvalue weighted by molar-refractivity contribution is 0.0907. The van der Waals surface area contributed by atoms with Gasteiger partial charge in [-0.2, -0.15) is 0 Å². The van der Waals surface area contributed by atoms with E-state index in [1.807, 2.05) is 18.2 Å². The van der Waals surface area contributed by atoms with Gasteiger partial charge in [-0.05, 0) is 24.6 Å². The summed E-state index contributed by atoms with van der Waals surface area (Å²) in [5.74, 6) is 0.542. The Morgan fingerprint density at radius 1 is 1.44 bits per heavy atom. The molecule has 1 aromatic carbocycles. The molecule has 1 heterocycles. The van der Waals surface area contributed by atoms with Gasteiger partial charge >= 0.3 is 0 Å². The van der Waals surface area contributed by atoms with E-state index in [0.717, 1.165) is 36.7 Å². The zero-order valence-electron chi connectivity index (χ0n) is 9.58. The van der Waals surface area contributed by atoms with Crippen LogP contribution in [-0.2, 0) is 4.74 Å². The van der Waals surface area contributed by atoms with Crippen molar-refractivity contribution < 1.29 is 4.74 Å². The van der Waals surface area contributed by atoms with Gasteiger partial charge in [0.25, 0.3) is 0 Å². The number of nitrogens with one attached hydrogen (secondary N) is 1. The number of rotatable bonds is 4. The number of hydrogen-bond donors (Lipinski definition) is 1. The van der Waals surface area contributed by atoms with Crippen molar-refractivity contribution in [3.8, 4) is 0 Å². The van der Waals surface area contributed by atoms with Gasteiger partial charge in [0.15, 0.2) is 0 Å². The highest BCUT2D eigenvalue weighted by Crippen LogP contribution is 2.37. The fourth-order valence-electron chi connectivity index (χ4n) is 2.22. The molecule has 2 rings (SSSR count). The predicted molar refractivity (Wildman–Crippen MR) is 66.8 cm³/mol. The number of halogens is 1. The van der Waals surface area contributed by atoms with E-state index in [0.29, 0.717) is 5.92 Å². The Labute approximate surface area is 102 Å². The van der Waals surface area contributed by atoms with Crippen LogP contribution in [0.1, 0.15) is 25.0 Å². The van der Waals surface area contributed by atoms with Crippen LogP contribution in [0, 0.1) is 5.92 Å². The van der Waals surface area contributed by atoms with Crippen LogP contribution in [0.25, 0.3) is 0 Å². The highest BCUT2D eigenvalue weighted by Gasteiger charge is 2.30. The zero-order chi connectivity index (χ0) is 11.4. The van der Waals surface area contributed by atoms with Gasteiger partial charge in [-0.3, -0.25) is 0 Å². The fraction of sp³-hybridized carbons (Fsp3) is 0.538. The molecule has 1 aliphatic rings. The average Bonchev–Trinajstić information content (AvgIpc) is 2.75. The van der Waals surface area contributed by atoms with E-state index in [4.69, 9.17) is 16.3 Å². The van der Waals surface area contributed by atoms with Gasteiger partial charge in [0, 0.05) is 24.1 Å². The molecule has 0 spiro atoms. The molecular formula is C13H18ClNO. The van der Waals surface area contributed by atoms with E-state index in [1.54, 1.807) is 0 Å². The minimum absolute atomic E-state index is 0.160. The van der Waals surface area contributed by atoms with Gasteiger partial charge in [-0.1, -0.05) is 36.7 Å². The lowest BCUT2D eigenvalue weighted by Crippen LogP contribution is -2.24. The predicted octanol–water partition coefficient (Wildman–Crippen LogP) is 3.03. The van der Waals surface area contributed by atoms with Gasteiger partial charge in [0.2, 0.25) is 0 Å². The Bertz CT molecular complexity index is 342. The Kier molecular flexibility index (Phi) is 4.22. The maximum absolute atomic E-state index is 6.20. The Balaban J connectivity index is 2.10. The summed E-state index contributed by atoms with van der Waals surface area (Å²) in [6.45, 7) is 4.98. The SMILES string of the molecule is CCNCC1CCOC1c1ccccc1Cl. The molecule has 1 saturated heterocycles. The van der Waals surface area contributed by atoms with E-state index in [1.165, 1.54) is 0 Å². The third-order valence-electron chi connectivity index (χ3n) is 3.08. The van der Waals surface area contributed by atoms with E-state index < -0.39 is 0 Å². The number of ether oxygens (including phenoxy) is 1. The van der Waals surface area contributed by atoms with Gasteiger partial charge in [0.05, 0.1) is 6.10 Å². The first-order valence-corrected chi connectivity index (χ1v) is 6.27. The molecule has 0 amide bonds. The molecule has 0 aromatic heterocycles. The molecule has 0 saturated carbocycles. The lowest BCUT2D eigenvalue weighted by Gasteiger charge is -2.20. The van der Waals surface area contributed by atoms with Crippen molar-refractivity contribution >= 4 is 11.6 Å². The molecule has 2 unspecified atom stereocenters. The second-order valence-corrected chi connectivity index (χ2v) is 4.58. The molecule has 1 aliphatic heterocycles. The van der Waals surface area contributed by atoms with Crippen LogP contribution in [0.3, 0.4) is 0 Å². The first-order chi connectivity index (χ1) is 7.83. The van der Waals surface area contributed by atoms with Crippen molar-refractivity contribution in [1.29, 1.82) is 0 Å². The van der Waals surface area contributed by atoms with E-state index >= 15 is 0 Å². The van der Waals surface area contributed by atoms with Crippen molar-refractivity contribution in [1.82, 2.24) is 5.32 Å². The van der Waals surface area contributed by atoms with Crippen molar-refractivity contribution in [2.75, 3.05) is 19.7 Å². The first kappa shape index (κ1) is 11.9. The standard InChI is InChI=1S/C13H18ClNO/c1-2-15-9-10-7-8-16-13(10)11-5-3-4-6-12(11)14/h3-6,10,13,15H,2,7-9H2,1H3. The molecule has 2 atom stereocenters. The molecule has 0 bridgehead atoms. The minimum Gasteiger partial charge on any atom is -0.373 e. The molecular weight excluding hydrogens is 222 g/mol. The number of hydrogen-bond acceptors (Lipinski definition) is 2. The van der Waals surface area contributed by atoms with Crippen LogP contribution in [0.4, 0.5) is 0 Å². The zero-order valence-corrected chi connectivity index (χ0v) is 10.3. The molecule has 88 valence electrons. The number of benzene rings is 1. The van der Waals surface area contributed by atoms with E-state index in [-0.39, 0.29) is 6.10 Å². The summed E-state index contributed by atoms with van der Waals surface area (Å²) in [6, 6.07) is 7.98. The third-order valence-corrected chi connectivity index (χ3v) is 3.43. The Morgan fingerprint density at radius 2 is 2.25 bits per heavy atom. The summed E-state index contributed by atoms with van der Waals surface area (Å²) in [6.07, 6.45) is 1.27. The highest BCUT2D eigenvalue weighted by molar-refractivity contribution is 6.31. The summed E-state index contributed by atoms with van der Waals surface area (Å²) in [5, 5.41) is 4.20. The van der Waals surface area contributed by atoms with Gasteiger partial charge in [-0.15, -0.1) is 0 Å². The van der Waals surface area contributed by atoms with E-state index in [2.05, 4.69) is 18.3 Å². The lowest BCUT2D eigenvalue weighted by atomic mass is 9.95. The fourth-order valence-corrected chi connectivity index (χ4v) is 2.47. The topological polar surface area (TPSA) is 21.3 Å². The molecule has 3 heteroatoms. The monoisotopic (exact) mass is 239 g/mol. The van der Waals surface area contributed by atoms with Crippen LogP contribution >= 0.6 is 11.6 Å². The maximum Gasteiger partial charge on any atom is 0.0880 e. The molecule has 1 fully saturated rings. The summed E-state index contributed by atoms with van der Waals surface area (Å²) in [5.41, 5.74) is 1.13. The van der Waals surface area contributed by atoms with Crippen LogP contribution in [0.5, 0.6) is 0 Å². The molecule has 16 heavy (non-hydrogen) atoms. The maximum atomic E-state index is 6.20. The summed E-state index contributed by atoms with van der Waals surface area (Å²) < 4.78 is 5.81. The summed E-state index contributed by atoms with van der Waals surface area (Å²) in [7, 11) is 0. The van der Waals surface area contributed by atoms with Crippen molar-refractivity contribution in [2.45, 2.75) is 19.4 Å². The highest BCUT2D eigenvalue weighted by atomic mass is 35.5. The van der Waals surface area contributed by atoms with E-state index in [9.17, 15) is 0 Å². The van der Waals surface area contributed by atoms with Crippen LogP contribution in [0.2, 0.25) is 5.02 Å². The first-order valence-electron chi connectivity index (χ1n) is 5.89. The quantitative estimate of drug-likeness (QED) is 0.872. The largest absolute Gasteiger partial charge is 0.373 e. The normalized spacial score (nSPS) is 24.9. The van der Waals surface area contributed by atoms with Crippen LogP contribution < -0.4 is 5.32 Å². The smallest absolute Gasteiger partial charge is 0.0880 e. The summed E-state index contributed by atoms with van der Waals surface area (Å²) >= 11 is 6.20. The molecule has 0 radical (unpaired) electrons. The minimum atomic E-state index is 0.160. The van der Waals surface area contributed by atoms with Crippen molar-refractivity contribution in [3.63, 3.8) is 0 Å².